The summed E-state index contributed by atoms with van der Waals surface area (Å²) in [7, 11) is 0. The van der Waals surface area contributed by atoms with Gasteiger partial charge in [0.05, 0.1) is 5.52 Å². The number of hydrogen-bond donors (Lipinski definition) is 1. The molecule has 1 atom stereocenters. The summed E-state index contributed by atoms with van der Waals surface area (Å²) in [6.45, 7) is 2.01. The van der Waals surface area contributed by atoms with Crippen molar-refractivity contribution in [1.29, 1.82) is 0 Å². The van der Waals surface area contributed by atoms with E-state index >= 15 is 0 Å². The molecule has 2 aromatic carbocycles. The van der Waals surface area contributed by atoms with Gasteiger partial charge in [0.1, 0.15) is 5.82 Å². The Morgan fingerprint density at radius 3 is 2.41 bits per heavy atom. The minimum Gasteiger partial charge on any atom is -0.326 e. The predicted octanol–water partition coefficient (Wildman–Crippen LogP) is 7.56. The van der Waals surface area contributed by atoms with Crippen molar-refractivity contribution >= 4 is 45.9 Å². The van der Waals surface area contributed by atoms with Crippen molar-refractivity contribution in [2.24, 2.45) is 11.8 Å². The van der Waals surface area contributed by atoms with Gasteiger partial charge in [-0.3, -0.25) is 9.78 Å². The smallest absolute Gasteiger partial charge is 0.227 e. The van der Waals surface area contributed by atoms with Gasteiger partial charge in [-0.1, -0.05) is 18.5 Å². The molecule has 6 heteroatoms. The van der Waals surface area contributed by atoms with Crippen LogP contribution in [0.5, 0.6) is 0 Å². The highest BCUT2D eigenvalue weighted by Gasteiger charge is 2.30. The number of pyridine rings is 1. The molecule has 1 saturated carbocycles. The van der Waals surface area contributed by atoms with Crippen molar-refractivity contribution in [3.8, 4) is 0 Å². The van der Waals surface area contributed by atoms with E-state index in [2.05, 4.69) is 10.3 Å². The second-order valence-electron chi connectivity index (χ2n) is 8.37. The fraction of sp³-hybridized carbons (Fsp3) is 0.385. The first kappa shape index (κ1) is 24.5. The largest absolute Gasteiger partial charge is 0.326 e. The van der Waals surface area contributed by atoms with E-state index in [1.165, 1.54) is 11.6 Å². The van der Waals surface area contributed by atoms with Gasteiger partial charge >= 0.3 is 0 Å². The highest BCUT2D eigenvalue weighted by Crippen LogP contribution is 2.41. The third kappa shape index (κ3) is 6.23. The van der Waals surface area contributed by atoms with Crippen molar-refractivity contribution in [3.63, 3.8) is 0 Å². The third-order valence-corrected chi connectivity index (χ3v) is 6.43. The minimum atomic E-state index is -0.229. The molecule has 1 aliphatic carbocycles. The summed E-state index contributed by atoms with van der Waals surface area (Å²) < 4.78 is 13.8. The van der Waals surface area contributed by atoms with Gasteiger partial charge in [-0.05, 0) is 104 Å². The van der Waals surface area contributed by atoms with Crippen LogP contribution in [0.3, 0.4) is 0 Å². The highest BCUT2D eigenvalue weighted by atomic mass is 35.5. The molecule has 4 rings (SSSR count). The van der Waals surface area contributed by atoms with Crippen LogP contribution in [0.1, 0.15) is 44.1 Å². The van der Waals surface area contributed by atoms with Gasteiger partial charge in [-0.15, -0.1) is 0 Å². The molecule has 0 radical (unpaired) electrons. The first-order chi connectivity index (χ1) is 15.4. The van der Waals surface area contributed by atoms with Gasteiger partial charge < -0.3 is 5.32 Å². The zero-order valence-corrected chi connectivity index (χ0v) is 20.3. The van der Waals surface area contributed by atoms with E-state index in [1.807, 2.05) is 43.8 Å². The van der Waals surface area contributed by atoms with Gasteiger partial charge in [0, 0.05) is 28.2 Å². The zero-order valence-electron chi connectivity index (χ0n) is 18.8. The van der Waals surface area contributed by atoms with Crippen LogP contribution in [-0.2, 0) is 4.79 Å². The standard InChI is InChI=1S/C24H24ClFN2O.C2H6S/c1-15(24(29)28-20-9-6-18(25)7-10-20)16-2-4-17(5-3-16)21-12-13-27-23-11-8-19(26)14-22(21)23;1-3-2/h6-17H,2-5H2,1H3,(H,28,29);1-2H3. The van der Waals surface area contributed by atoms with Crippen LogP contribution in [0.4, 0.5) is 10.1 Å². The summed E-state index contributed by atoms with van der Waals surface area (Å²) >= 11 is 7.65. The van der Waals surface area contributed by atoms with Crippen LogP contribution in [-0.4, -0.2) is 23.4 Å². The quantitative estimate of drug-likeness (QED) is 0.426. The monoisotopic (exact) mass is 472 g/mol. The summed E-state index contributed by atoms with van der Waals surface area (Å²) in [5, 5.41) is 4.55. The topological polar surface area (TPSA) is 42.0 Å². The van der Waals surface area contributed by atoms with E-state index in [4.69, 9.17) is 11.6 Å². The van der Waals surface area contributed by atoms with Crippen LogP contribution in [0.15, 0.2) is 54.7 Å². The van der Waals surface area contributed by atoms with Crippen LogP contribution < -0.4 is 5.32 Å². The fourth-order valence-electron chi connectivity index (χ4n) is 4.43. The van der Waals surface area contributed by atoms with Gasteiger partial charge in [0.2, 0.25) is 5.91 Å². The number of thioether (sulfide) groups is 1. The Morgan fingerprint density at radius 2 is 1.75 bits per heavy atom. The molecule has 1 unspecified atom stereocenters. The molecule has 1 fully saturated rings. The molecule has 32 heavy (non-hydrogen) atoms. The number of carbonyl (C=O) groups excluding carboxylic acids is 1. The Bertz CT molecular complexity index is 1040. The Morgan fingerprint density at radius 1 is 1.09 bits per heavy atom. The summed E-state index contributed by atoms with van der Waals surface area (Å²) in [4.78, 5) is 17.0. The number of nitrogens with zero attached hydrogens (tertiary/aromatic N) is 1. The number of anilines is 1. The molecule has 0 aliphatic heterocycles. The predicted molar refractivity (Wildman–Crippen MR) is 135 cm³/mol. The fourth-order valence-corrected chi connectivity index (χ4v) is 4.56. The Balaban J connectivity index is 0.000000913. The molecule has 1 N–H and O–H groups in total. The lowest BCUT2D eigenvalue weighted by molar-refractivity contribution is -0.121. The zero-order chi connectivity index (χ0) is 23.1. The maximum Gasteiger partial charge on any atom is 0.227 e. The number of amides is 1. The van der Waals surface area contributed by atoms with Gasteiger partial charge in [-0.25, -0.2) is 4.39 Å². The lowest BCUT2D eigenvalue weighted by Crippen LogP contribution is -2.29. The molecule has 3 aromatic rings. The van der Waals surface area contributed by atoms with Crippen LogP contribution in [0, 0.1) is 17.7 Å². The van der Waals surface area contributed by atoms with Gasteiger partial charge in [0.25, 0.3) is 0 Å². The normalized spacial score (nSPS) is 19.0. The Hall–Kier alpha value is -2.11. The van der Waals surface area contributed by atoms with Crippen LogP contribution in [0.2, 0.25) is 5.02 Å². The second kappa shape index (κ2) is 11.7. The molecule has 1 amide bonds. The number of rotatable bonds is 4. The molecule has 1 aliphatic rings. The van der Waals surface area contributed by atoms with Crippen molar-refractivity contribution in [2.75, 3.05) is 17.8 Å². The van der Waals surface area contributed by atoms with Crippen LogP contribution >= 0.6 is 23.4 Å². The first-order valence-electron chi connectivity index (χ1n) is 10.9. The van der Waals surface area contributed by atoms with E-state index in [1.54, 1.807) is 36.0 Å². The van der Waals surface area contributed by atoms with Crippen molar-refractivity contribution in [1.82, 2.24) is 4.98 Å². The number of halogens is 2. The lowest BCUT2D eigenvalue weighted by atomic mass is 9.73. The average molecular weight is 473 g/mol. The van der Waals surface area contributed by atoms with E-state index in [0.717, 1.165) is 42.3 Å². The highest BCUT2D eigenvalue weighted by molar-refractivity contribution is 7.97. The van der Waals surface area contributed by atoms with Crippen molar-refractivity contribution < 1.29 is 9.18 Å². The number of nitrogens with one attached hydrogen (secondary N) is 1. The van der Waals surface area contributed by atoms with E-state index < -0.39 is 0 Å². The number of hydrogen-bond acceptors (Lipinski definition) is 3. The molecule has 1 heterocycles. The molecule has 170 valence electrons. The molecular weight excluding hydrogens is 443 g/mol. The van der Waals surface area contributed by atoms with Gasteiger partial charge in [0.15, 0.2) is 0 Å². The van der Waals surface area contributed by atoms with E-state index in [9.17, 15) is 9.18 Å². The molecule has 0 saturated heterocycles. The summed E-state index contributed by atoms with van der Waals surface area (Å²) in [6, 6.07) is 14.0. The number of aromatic nitrogens is 1. The molecule has 3 nitrogen and oxygen atoms in total. The maximum absolute atomic E-state index is 13.8. The number of carbonyl (C=O) groups is 1. The maximum atomic E-state index is 13.8. The molecular formula is C26H30ClFN2OS. The van der Waals surface area contributed by atoms with Crippen LogP contribution in [0.25, 0.3) is 10.9 Å². The minimum absolute atomic E-state index is 0.0483. The number of benzene rings is 2. The molecule has 0 spiro atoms. The van der Waals surface area contributed by atoms with Crippen molar-refractivity contribution in [2.45, 2.75) is 38.5 Å². The Kier molecular flexibility index (Phi) is 8.94. The summed E-state index contributed by atoms with van der Waals surface area (Å²) in [5.41, 5.74) is 2.78. The van der Waals surface area contributed by atoms with E-state index in [0.29, 0.717) is 16.9 Å². The average Bonchev–Trinajstić information content (AvgIpc) is 2.80. The first-order valence-corrected chi connectivity index (χ1v) is 12.9. The summed E-state index contributed by atoms with van der Waals surface area (Å²) in [5.74, 6) is 0.492. The molecule has 0 bridgehead atoms. The molecule has 1 aromatic heterocycles. The van der Waals surface area contributed by atoms with E-state index in [-0.39, 0.29) is 17.6 Å². The number of fused-ring (bicyclic) bond motifs is 1. The van der Waals surface area contributed by atoms with Gasteiger partial charge in [-0.2, -0.15) is 11.8 Å². The Labute approximate surface area is 199 Å². The lowest BCUT2D eigenvalue weighted by Gasteiger charge is -2.32. The van der Waals surface area contributed by atoms with Crippen molar-refractivity contribution in [3.05, 3.63) is 71.1 Å². The third-order valence-electron chi connectivity index (χ3n) is 6.18. The summed E-state index contributed by atoms with van der Waals surface area (Å²) in [6.07, 6.45) is 9.86. The second-order valence-corrected chi connectivity index (χ2v) is 9.62. The SMILES string of the molecule is CC(C(=O)Nc1ccc(Cl)cc1)C1CCC(c2ccnc3ccc(F)cc23)CC1.CSC.